The predicted molar refractivity (Wildman–Crippen MR) is 88.1 cm³/mol. The molecule has 112 valence electrons. The van der Waals surface area contributed by atoms with E-state index in [4.69, 9.17) is 9.26 Å². The zero-order valence-electron chi connectivity index (χ0n) is 13.8. The Kier molecular flexibility index (Phi) is 5.40. The molecule has 0 N–H and O–H groups in total. The van der Waals surface area contributed by atoms with Crippen molar-refractivity contribution >= 4 is 14.0 Å². The maximum atomic E-state index is 5.95. The van der Waals surface area contributed by atoms with Gasteiger partial charge in [0.25, 0.3) is 8.32 Å². The van der Waals surface area contributed by atoms with Crippen molar-refractivity contribution in [3.63, 3.8) is 0 Å². The van der Waals surface area contributed by atoms with Gasteiger partial charge in [0.1, 0.15) is 5.75 Å². The second-order valence-corrected chi connectivity index (χ2v) is 11.2. The fourth-order valence-corrected chi connectivity index (χ4v) is 2.02. The Labute approximate surface area is 124 Å². The van der Waals surface area contributed by atoms with E-state index in [0.717, 1.165) is 23.4 Å². The maximum absolute atomic E-state index is 5.95. The third-order valence-corrected chi connectivity index (χ3v) is 8.11. The Hall–Kier alpha value is -1.29. The number of methoxy groups -OCH3 is 1. The molecule has 0 unspecified atom stereocenters. The molecule has 0 atom stereocenters. The van der Waals surface area contributed by atoms with Gasteiger partial charge in [-0.1, -0.05) is 27.7 Å². The zero-order chi connectivity index (χ0) is 15.4. The lowest BCUT2D eigenvalue weighted by Crippen LogP contribution is -2.39. The molecule has 0 heterocycles. The highest BCUT2D eigenvalue weighted by Crippen LogP contribution is 2.36. The van der Waals surface area contributed by atoms with Crippen LogP contribution in [0.2, 0.25) is 18.1 Å². The minimum absolute atomic E-state index is 0.162. The molecular formula is C16H27NO2Si. The van der Waals surface area contributed by atoms with Gasteiger partial charge in [-0.25, -0.2) is 0 Å². The van der Waals surface area contributed by atoms with Gasteiger partial charge < -0.3 is 9.26 Å². The molecule has 0 fully saturated rings. The first-order chi connectivity index (χ1) is 9.21. The van der Waals surface area contributed by atoms with Crippen molar-refractivity contribution in [3.05, 3.63) is 29.8 Å². The molecule has 20 heavy (non-hydrogen) atoms. The average Bonchev–Trinajstić information content (AvgIpc) is 2.38. The van der Waals surface area contributed by atoms with Crippen molar-refractivity contribution in [1.82, 2.24) is 0 Å². The summed E-state index contributed by atoms with van der Waals surface area (Å²) in [5.74, 6) is 0.856. The van der Waals surface area contributed by atoms with Gasteiger partial charge in [0, 0.05) is 0 Å². The van der Waals surface area contributed by atoms with Crippen LogP contribution < -0.4 is 4.74 Å². The van der Waals surface area contributed by atoms with E-state index in [0.29, 0.717) is 0 Å². The van der Waals surface area contributed by atoms with Crippen LogP contribution in [0, 0.1) is 0 Å². The van der Waals surface area contributed by atoms with E-state index in [1.807, 2.05) is 24.3 Å². The predicted octanol–water partition coefficient (Wildman–Crippen LogP) is 4.83. The number of hydrogen-bond donors (Lipinski definition) is 0. The van der Waals surface area contributed by atoms with Gasteiger partial charge in [0.05, 0.1) is 12.8 Å². The molecular weight excluding hydrogens is 266 g/mol. The summed E-state index contributed by atoms with van der Waals surface area (Å²) < 4.78 is 11.1. The quantitative estimate of drug-likeness (QED) is 0.442. The van der Waals surface area contributed by atoms with E-state index in [-0.39, 0.29) is 5.04 Å². The van der Waals surface area contributed by atoms with E-state index < -0.39 is 8.32 Å². The minimum atomic E-state index is -1.85. The molecule has 1 aromatic carbocycles. The molecule has 1 rings (SSSR count). The summed E-state index contributed by atoms with van der Waals surface area (Å²) in [7, 11) is -0.176. The molecule has 3 nitrogen and oxygen atoms in total. The summed E-state index contributed by atoms with van der Waals surface area (Å²) in [6, 6.07) is 7.95. The van der Waals surface area contributed by atoms with E-state index in [2.05, 4.69) is 45.9 Å². The summed E-state index contributed by atoms with van der Waals surface area (Å²) in [6.07, 6.45) is 0.848. The van der Waals surface area contributed by atoms with Crippen LogP contribution in [0.15, 0.2) is 29.4 Å². The summed E-state index contributed by atoms with van der Waals surface area (Å²) in [5, 5.41) is 4.61. The van der Waals surface area contributed by atoms with Crippen LogP contribution >= 0.6 is 0 Å². The molecule has 0 saturated carbocycles. The fourth-order valence-electron chi connectivity index (χ4n) is 1.41. The topological polar surface area (TPSA) is 30.8 Å². The van der Waals surface area contributed by atoms with Crippen molar-refractivity contribution < 1.29 is 9.26 Å². The largest absolute Gasteiger partial charge is 0.497 e. The van der Waals surface area contributed by atoms with Gasteiger partial charge in [0.2, 0.25) is 0 Å². The first-order valence-corrected chi connectivity index (χ1v) is 10.0. The average molecular weight is 293 g/mol. The highest BCUT2D eigenvalue weighted by molar-refractivity contribution is 6.74. The molecule has 0 aliphatic heterocycles. The van der Waals surface area contributed by atoms with Crippen molar-refractivity contribution in [2.75, 3.05) is 7.11 Å². The van der Waals surface area contributed by atoms with E-state index >= 15 is 0 Å². The molecule has 0 aromatic heterocycles. The fraction of sp³-hybridized carbons (Fsp3) is 0.562. The Balaban J connectivity index is 2.92. The van der Waals surface area contributed by atoms with Crippen LogP contribution in [0.4, 0.5) is 0 Å². The monoisotopic (exact) mass is 293 g/mol. The van der Waals surface area contributed by atoms with Crippen molar-refractivity contribution in [1.29, 1.82) is 0 Å². The Morgan fingerprint density at radius 1 is 1.15 bits per heavy atom. The number of ether oxygens (including phenoxy) is 1. The molecule has 1 aromatic rings. The Morgan fingerprint density at radius 2 is 1.70 bits per heavy atom. The van der Waals surface area contributed by atoms with Crippen LogP contribution in [0.1, 0.15) is 39.7 Å². The summed E-state index contributed by atoms with van der Waals surface area (Å²) in [4.78, 5) is 0. The second-order valence-electron chi connectivity index (χ2n) is 6.47. The molecule has 0 aliphatic carbocycles. The second kappa shape index (κ2) is 6.44. The normalized spacial score (nSPS) is 13.2. The van der Waals surface area contributed by atoms with Crippen LogP contribution in [0.3, 0.4) is 0 Å². The standard InChI is InChI=1S/C16H27NO2Si/c1-8-15(13-9-11-14(18-5)12-10-13)17-19-20(6,7)16(2,3)4/h9-12H,8H2,1-7H3/b17-15+. The summed E-state index contributed by atoms with van der Waals surface area (Å²) in [6.45, 7) is 13.2. The number of hydrogen-bond acceptors (Lipinski definition) is 3. The lowest BCUT2D eigenvalue weighted by Gasteiger charge is -2.33. The summed E-state index contributed by atoms with van der Waals surface area (Å²) >= 11 is 0. The van der Waals surface area contributed by atoms with Gasteiger partial charge in [-0.15, -0.1) is 5.16 Å². The first-order valence-electron chi connectivity index (χ1n) is 7.10. The SMILES string of the molecule is CC/C(=N\O[Si](C)(C)C(C)(C)C)c1ccc(OC)cc1. The van der Waals surface area contributed by atoms with E-state index in [1.54, 1.807) is 7.11 Å². The highest BCUT2D eigenvalue weighted by Gasteiger charge is 2.39. The first kappa shape index (κ1) is 16.8. The van der Waals surface area contributed by atoms with E-state index in [9.17, 15) is 0 Å². The molecule has 4 heteroatoms. The van der Waals surface area contributed by atoms with Gasteiger partial charge in [-0.2, -0.15) is 0 Å². The van der Waals surface area contributed by atoms with E-state index in [1.165, 1.54) is 0 Å². The number of rotatable bonds is 5. The molecule has 0 aliphatic rings. The Bertz CT molecular complexity index is 458. The maximum Gasteiger partial charge on any atom is 0.286 e. The number of oxime groups is 1. The number of benzene rings is 1. The lowest BCUT2D eigenvalue weighted by molar-refractivity contribution is 0.307. The van der Waals surface area contributed by atoms with Gasteiger partial charge >= 0.3 is 0 Å². The molecule has 0 radical (unpaired) electrons. The smallest absolute Gasteiger partial charge is 0.286 e. The highest BCUT2D eigenvalue weighted by atomic mass is 28.4. The van der Waals surface area contributed by atoms with Crippen LogP contribution in [0.5, 0.6) is 5.75 Å². The van der Waals surface area contributed by atoms with Crippen molar-refractivity contribution in [3.8, 4) is 5.75 Å². The minimum Gasteiger partial charge on any atom is -0.497 e. The van der Waals surface area contributed by atoms with Crippen LogP contribution in [-0.4, -0.2) is 21.1 Å². The zero-order valence-corrected chi connectivity index (χ0v) is 14.8. The van der Waals surface area contributed by atoms with Crippen molar-refractivity contribution in [2.24, 2.45) is 5.16 Å². The lowest BCUT2D eigenvalue weighted by atomic mass is 10.1. The molecule has 0 spiro atoms. The van der Waals surface area contributed by atoms with Crippen LogP contribution in [0.25, 0.3) is 0 Å². The van der Waals surface area contributed by atoms with Crippen molar-refractivity contribution in [2.45, 2.75) is 52.2 Å². The third kappa shape index (κ3) is 4.10. The van der Waals surface area contributed by atoms with Gasteiger partial charge in [0.15, 0.2) is 0 Å². The molecule has 0 amide bonds. The molecule has 0 saturated heterocycles. The third-order valence-electron chi connectivity index (χ3n) is 3.95. The number of nitrogens with zero attached hydrogens (tertiary/aromatic N) is 1. The molecule has 0 bridgehead atoms. The Morgan fingerprint density at radius 3 is 2.10 bits per heavy atom. The summed E-state index contributed by atoms with van der Waals surface area (Å²) in [5.41, 5.74) is 2.07. The van der Waals surface area contributed by atoms with Gasteiger partial charge in [-0.3, -0.25) is 0 Å². The van der Waals surface area contributed by atoms with Gasteiger partial charge in [-0.05, 0) is 54.4 Å². The van der Waals surface area contributed by atoms with Crippen LogP contribution in [-0.2, 0) is 4.53 Å².